The van der Waals surface area contributed by atoms with Crippen LogP contribution in [0.15, 0.2) is 91.0 Å². The van der Waals surface area contributed by atoms with Gasteiger partial charge in [0.2, 0.25) is 0 Å². The van der Waals surface area contributed by atoms with Crippen molar-refractivity contribution < 1.29 is 19.5 Å². The molecule has 0 aliphatic heterocycles. The average Bonchev–Trinajstić information content (AvgIpc) is 2.65. The van der Waals surface area contributed by atoms with Crippen LogP contribution in [0.1, 0.15) is 13.8 Å². The Balaban J connectivity index is 0.00000225. The molecule has 0 amide bonds. The van der Waals surface area contributed by atoms with Crippen molar-refractivity contribution in [1.29, 1.82) is 0 Å². The average molecular weight is 383 g/mol. The number of benzene rings is 3. The van der Waals surface area contributed by atoms with E-state index in [1.54, 1.807) is 0 Å². The van der Waals surface area contributed by atoms with Crippen LogP contribution >= 0.6 is 0 Å². The van der Waals surface area contributed by atoms with Gasteiger partial charge < -0.3 is 5.43 Å². The van der Waals surface area contributed by atoms with E-state index in [1.807, 2.05) is 18.2 Å². The first-order chi connectivity index (χ1) is 11.7. The van der Waals surface area contributed by atoms with Gasteiger partial charge >= 0.3 is 0 Å². The van der Waals surface area contributed by atoms with E-state index in [9.17, 15) is 0 Å². The topological polar surface area (TPSA) is 26.1 Å². The second-order valence-corrected chi connectivity index (χ2v) is 6.00. The van der Waals surface area contributed by atoms with E-state index in [0.717, 1.165) is 17.1 Å². The van der Waals surface area contributed by atoms with Crippen LogP contribution in [0.4, 0.5) is 17.1 Å². The van der Waals surface area contributed by atoms with Gasteiger partial charge in [-0.15, -0.1) is 6.04 Å². The first-order valence-electron chi connectivity index (χ1n) is 8.26. The monoisotopic (exact) mass is 381 g/mol. The van der Waals surface area contributed by atoms with Gasteiger partial charge in [-0.3, -0.25) is 0 Å². The molecule has 0 spiro atoms. The van der Waals surface area contributed by atoms with E-state index >= 15 is 0 Å². The molecule has 3 aromatic rings. The standard InChI is InChI=1S/C21H23N3.Zn/c1-18(2)22-23-24(19-12-6-3-7-13-19,20-14-8-4-9-15-20)21-16-10-5-11-17-21;/h3-18,23H,1-2H3;. The summed E-state index contributed by atoms with van der Waals surface area (Å²) in [5.41, 5.74) is 11.4. The number of hydrogen-bond donors (Lipinski definition) is 1. The van der Waals surface area contributed by atoms with E-state index in [0.29, 0.717) is 4.59 Å². The smallest absolute Gasteiger partial charge is 0.161 e. The summed E-state index contributed by atoms with van der Waals surface area (Å²) in [6.45, 7) is 4.14. The molecule has 0 saturated heterocycles. The number of hydrogen-bond acceptors (Lipinski definition) is 1. The van der Waals surface area contributed by atoms with E-state index in [2.05, 4.69) is 97.6 Å². The molecule has 0 fully saturated rings. The van der Waals surface area contributed by atoms with Gasteiger partial charge in [-0.25, -0.2) is 5.53 Å². The Bertz CT molecular complexity index is 649. The maximum Gasteiger partial charge on any atom is 0.161 e. The van der Waals surface area contributed by atoms with E-state index < -0.39 is 0 Å². The van der Waals surface area contributed by atoms with Gasteiger partial charge in [0.1, 0.15) is 0 Å². The molecule has 0 aliphatic carbocycles. The van der Waals surface area contributed by atoms with Crippen molar-refractivity contribution in [3.8, 4) is 0 Å². The summed E-state index contributed by atoms with van der Waals surface area (Å²) in [6.07, 6.45) is 0. The van der Waals surface area contributed by atoms with Crippen molar-refractivity contribution in [3.63, 3.8) is 0 Å². The third-order valence-electron chi connectivity index (χ3n) is 3.90. The van der Waals surface area contributed by atoms with Gasteiger partial charge in [0.25, 0.3) is 0 Å². The molecule has 0 heterocycles. The Kier molecular flexibility index (Phi) is 7.04. The van der Waals surface area contributed by atoms with Crippen molar-refractivity contribution in [2.45, 2.75) is 19.9 Å². The summed E-state index contributed by atoms with van der Waals surface area (Å²) < 4.78 is 0.348. The molecule has 4 heteroatoms. The molecule has 1 N–H and O–H groups in total. The van der Waals surface area contributed by atoms with Crippen molar-refractivity contribution in [1.82, 2.24) is 10.1 Å². The predicted octanol–water partition coefficient (Wildman–Crippen LogP) is 5.86. The number of nitrogens with zero attached hydrogens (tertiary/aromatic N) is 2. The van der Waals surface area contributed by atoms with Gasteiger partial charge in [-0.1, -0.05) is 68.4 Å². The summed E-state index contributed by atoms with van der Waals surface area (Å²) in [5.74, 6) is 0. The Hall–Kier alpha value is -1.84. The van der Waals surface area contributed by atoms with E-state index in [1.165, 1.54) is 0 Å². The minimum atomic E-state index is 0. The zero-order valence-electron chi connectivity index (χ0n) is 14.8. The van der Waals surface area contributed by atoms with Crippen LogP contribution in [0.3, 0.4) is 0 Å². The van der Waals surface area contributed by atoms with Crippen molar-refractivity contribution in [2.24, 2.45) is 0 Å². The molecule has 0 aliphatic rings. The van der Waals surface area contributed by atoms with Gasteiger partial charge in [-0.2, -0.15) is 4.59 Å². The zero-order valence-corrected chi connectivity index (χ0v) is 17.8. The molecule has 0 radical (unpaired) electrons. The fourth-order valence-electron chi connectivity index (χ4n) is 2.78. The van der Waals surface area contributed by atoms with Crippen molar-refractivity contribution in [3.05, 3.63) is 96.4 Å². The Morgan fingerprint density at radius 3 is 1.24 bits per heavy atom. The summed E-state index contributed by atoms with van der Waals surface area (Å²) in [7, 11) is 0. The van der Waals surface area contributed by atoms with E-state index in [-0.39, 0.29) is 25.5 Å². The summed E-state index contributed by atoms with van der Waals surface area (Å²) >= 11 is 0. The minimum absolute atomic E-state index is 0. The molecule has 25 heavy (non-hydrogen) atoms. The van der Waals surface area contributed by atoms with Gasteiger partial charge in [0, 0.05) is 55.9 Å². The molecule has 0 saturated carbocycles. The van der Waals surface area contributed by atoms with Crippen molar-refractivity contribution in [2.75, 3.05) is 0 Å². The number of para-hydroxylation sites is 3. The number of quaternary nitrogens is 1. The molecule has 0 atom stereocenters. The summed E-state index contributed by atoms with van der Waals surface area (Å²) in [4.78, 5) is 0. The van der Waals surface area contributed by atoms with Crippen LogP contribution in [0, 0.1) is 0 Å². The molecule has 3 nitrogen and oxygen atoms in total. The normalized spacial score (nSPS) is 11.2. The molecular formula is C21H23N3Zn. The van der Waals surface area contributed by atoms with Crippen LogP contribution in [0.5, 0.6) is 0 Å². The maximum atomic E-state index is 4.65. The zero-order chi connectivity index (χ0) is 16.8. The second kappa shape index (κ2) is 9.03. The maximum absolute atomic E-state index is 4.65. The fourth-order valence-corrected chi connectivity index (χ4v) is 2.78. The van der Waals surface area contributed by atoms with Gasteiger partial charge in [0.15, 0.2) is 17.1 Å². The first-order valence-corrected chi connectivity index (χ1v) is 8.26. The SMILES string of the molecule is CC(C)[N-]N[N+](c1ccccc1)(c1ccccc1)c1ccccc1.[Zn]. The van der Waals surface area contributed by atoms with Crippen molar-refractivity contribution >= 4 is 17.1 Å². The van der Waals surface area contributed by atoms with Crippen LogP contribution in [-0.4, -0.2) is 6.04 Å². The molecular weight excluding hydrogens is 360 g/mol. The van der Waals surface area contributed by atoms with Gasteiger partial charge in [0.05, 0.1) is 0 Å². The Morgan fingerprint density at radius 1 is 0.640 bits per heavy atom. The van der Waals surface area contributed by atoms with Crippen LogP contribution in [0.25, 0.3) is 5.43 Å². The Labute approximate surface area is 163 Å². The molecule has 124 valence electrons. The molecule has 0 aromatic heterocycles. The summed E-state index contributed by atoms with van der Waals surface area (Å²) in [6, 6.07) is 31.4. The third-order valence-corrected chi connectivity index (χ3v) is 3.90. The van der Waals surface area contributed by atoms with E-state index in [4.69, 9.17) is 0 Å². The third kappa shape index (κ3) is 4.23. The van der Waals surface area contributed by atoms with Crippen LogP contribution in [-0.2, 0) is 19.5 Å². The number of rotatable bonds is 6. The molecule has 3 aromatic carbocycles. The minimum Gasteiger partial charge on any atom is -0.544 e. The van der Waals surface area contributed by atoms with Crippen LogP contribution in [0.2, 0.25) is 0 Å². The number of nitrogens with one attached hydrogen (secondary N) is 1. The molecule has 0 bridgehead atoms. The Morgan fingerprint density at radius 2 is 0.960 bits per heavy atom. The quantitative estimate of drug-likeness (QED) is 0.322. The summed E-state index contributed by atoms with van der Waals surface area (Å²) in [5, 5.41) is 0. The molecule has 3 rings (SSSR count). The fraction of sp³-hybridized carbons (Fsp3) is 0.143. The van der Waals surface area contributed by atoms with Crippen LogP contribution < -0.4 is 10.1 Å². The predicted molar refractivity (Wildman–Crippen MR) is 102 cm³/mol. The molecule has 0 unspecified atom stereocenters. The first kappa shape index (κ1) is 19.5. The second-order valence-electron chi connectivity index (χ2n) is 6.00. The van der Waals surface area contributed by atoms with Gasteiger partial charge in [-0.05, 0) is 0 Å². The largest absolute Gasteiger partial charge is 0.544 e.